The first-order chi connectivity index (χ1) is 14.7. The monoisotopic (exact) mass is 465 g/mol. The zero-order valence-electron chi connectivity index (χ0n) is 16.5. The molecular formula is C20H18F3N5OS2. The third-order valence-electron chi connectivity index (χ3n) is 4.69. The summed E-state index contributed by atoms with van der Waals surface area (Å²) in [7, 11) is 1.71. The van der Waals surface area contributed by atoms with Gasteiger partial charge in [0.25, 0.3) is 5.91 Å². The lowest BCUT2D eigenvalue weighted by Gasteiger charge is -2.18. The average Bonchev–Trinajstić information content (AvgIpc) is 3.26. The number of carbonyl (C=O) groups is 1. The third kappa shape index (κ3) is 4.07. The van der Waals surface area contributed by atoms with Crippen molar-refractivity contribution in [2.45, 2.75) is 25.0 Å². The lowest BCUT2D eigenvalue weighted by molar-refractivity contribution is -0.136. The molecule has 31 heavy (non-hydrogen) atoms. The number of hydrogen-bond acceptors (Lipinski definition) is 7. The van der Waals surface area contributed by atoms with E-state index in [9.17, 15) is 18.0 Å². The van der Waals surface area contributed by atoms with E-state index in [-0.39, 0.29) is 26.5 Å². The van der Waals surface area contributed by atoms with Crippen LogP contribution in [0, 0.1) is 0 Å². The van der Waals surface area contributed by atoms with E-state index in [0.717, 1.165) is 22.4 Å². The number of aromatic nitrogens is 1. The highest BCUT2D eigenvalue weighted by atomic mass is 32.2. The van der Waals surface area contributed by atoms with Crippen molar-refractivity contribution in [3.63, 3.8) is 0 Å². The van der Waals surface area contributed by atoms with E-state index in [2.05, 4.69) is 15.4 Å². The topological polar surface area (TPSA) is 83.6 Å². The second-order valence-electron chi connectivity index (χ2n) is 6.81. The van der Waals surface area contributed by atoms with Gasteiger partial charge >= 0.3 is 6.18 Å². The van der Waals surface area contributed by atoms with Crippen LogP contribution in [0.3, 0.4) is 0 Å². The molecule has 0 saturated carbocycles. The van der Waals surface area contributed by atoms with Gasteiger partial charge in [0, 0.05) is 18.0 Å². The van der Waals surface area contributed by atoms with E-state index >= 15 is 0 Å². The molecule has 1 aromatic carbocycles. The van der Waals surface area contributed by atoms with Gasteiger partial charge in [0.1, 0.15) is 9.71 Å². The first-order valence-electron chi connectivity index (χ1n) is 9.32. The molecular weight excluding hydrogens is 447 g/mol. The Kier molecular flexibility index (Phi) is 5.56. The predicted octanol–water partition coefficient (Wildman–Crippen LogP) is 4.98. The molecule has 0 saturated heterocycles. The molecule has 1 aliphatic heterocycles. The minimum atomic E-state index is -4.65. The number of nitrogens with two attached hydrogens (primary N) is 1. The molecule has 1 amide bonds. The van der Waals surface area contributed by atoms with E-state index in [1.807, 2.05) is 6.92 Å². The van der Waals surface area contributed by atoms with E-state index in [0.29, 0.717) is 12.0 Å². The molecule has 0 fully saturated rings. The molecule has 0 bridgehead atoms. The van der Waals surface area contributed by atoms with Crippen molar-refractivity contribution >= 4 is 50.0 Å². The number of hydrazone groups is 1. The van der Waals surface area contributed by atoms with Crippen molar-refractivity contribution in [3.05, 3.63) is 46.8 Å². The van der Waals surface area contributed by atoms with Gasteiger partial charge in [0.05, 0.1) is 22.0 Å². The number of fused-ring (bicyclic) bond motifs is 1. The van der Waals surface area contributed by atoms with E-state index < -0.39 is 23.1 Å². The fourth-order valence-corrected chi connectivity index (χ4v) is 5.17. The summed E-state index contributed by atoms with van der Waals surface area (Å²) in [6, 6.07) is 9.54. The Balaban J connectivity index is 1.76. The standard InChI is InChI=1S/C20H18F3N5OS2/c1-3-13-27-28(2)19(30-13)26-17(29)16-15(24)14-11(20(21,22)23)9-12(25-18(14)31-16)10-7-5-4-6-8-10/h4-9,19H,3,24H2,1-2H3,(H,26,29). The predicted molar refractivity (Wildman–Crippen MR) is 119 cm³/mol. The second kappa shape index (κ2) is 8.04. The molecule has 3 heterocycles. The number of amides is 1. The molecule has 3 aromatic rings. The number of hydrogen-bond donors (Lipinski definition) is 2. The highest BCUT2D eigenvalue weighted by Crippen LogP contribution is 2.43. The SMILES string of the molecule is CCC1=NN(C)C(NC(=O)c2sc3nc(-c4ccccc4)cc(C(F)(F)F)c3c2N)S1. The first-order valence-corrected chi connectivity index (χ1v) is 11.0. The Morgan fingerprint density at radius 3 is 2.61 bits per heavy atom. The van der Waals surface area contributed by atoms with Crippen LogP contribution < -0.4 is 11.1 Å². The zero-order valence-corrected chi connectivity index (χ0v) is 18.2. The van der Waals surface area contributed by atoms with Crippen LogP contribution in [0.2, 0.25) is 0 Å². The normalized spacial score (nSPS) is 16.6. The molecule has 1 unspecified atom stereocenters. The van der Waals surface area contributed by atoms with Crippen molar-refractivity contribution < 1.29 is 18.0 Å². The minimum Gasteiger partial charge on any atom is -0.397 e. The van der Waals surface area contributed by atoms with Gasteiger partial charge in [-0.25, -0.2) is 4.98 Å². The number of alkyl halides is 3. The summed E-state index contributed by atoms with van der Waals surface area (Å²) in [6.07, 6.45) is -3.94. The number of rotatable bonds is 4. The molecule has 0 spiro atoms. The number of anilines is 1. The fourth-order valence-electron chi connectivity index (χ4n) is 3.18. The summed E-state index contributed by atoms with van der Waals surface area (Å²) in [5.74, 6) is -0.563. The first kappa shape index (κ1) is 21.4. The van der Waals surface area contributed by atoms with Crippen LogP contribution in [0.25, 0.3) is 21.5 Å². The quantitative estimate of drug-likeness (QED) is 0.568. The van der Waals surface area contributed by atoms with Gasteiger partial charge in [-0.3, -0.25) is 9.80 Å². The maximum Gasteiger partial charge on any atom is 0.417 e. The number of benzene rings is 1. The van der Waals surface area contributed by atoms with Crippen LogP contribution in [-0.2, 0) is 6.18 Å². The van der Waals surface area contributed by atoms with E-state index in [4.69, 9.17) is 5.73 Å². The van der Waals surface area contributed by atoms with Crippen molar-refractivity contribution in [1.29, 1.82) is 0 Å². The molecule has 3 N–H and O–H groups in total. The Hall–Kier alpha value is -2.79. The number of thioether (sulfide) groups is 1. The molecule has 1 atom stereocenters. The second-order valence-corrected chi connectivity index (χ2v) is 8.96. The number of carbonyl (C=O) groups excluding carboxylic acids is 1. The molecule has 11 heteroatoms. The van der Waals surface area contributed by atoms with Crippen molar-refractivity contribution in [2.24, 2.45) is 5.10 Å². The summed E-state index contributed by atoms with van der Waals surface area (Å²) >= 11 is 2.22. The molecule has 0 aliphatic carbocycles. The maximum absolute atomic E-state index is 13.9. The van der Waals surface area contributed by atoms with Crippen LogP contribution in [0.1, 0.15) is 28.6 Å². The van der Waals surface area contributed by atoms with Crippen LogP contribution in [0.4, 0.5) is 18.9 Å². The van der Waals surface area contributed by atoms with Gasteiger partial charge in [-0.2, -0.15) is 18.3 Å². The molecule has 6 nitrogen and oxygen atoms in total. The van der Waals surface area contributed by atoms with Gasteiger partial charge in [-0.05, 0) is 12.5 Å². The van der Waals surface area contributed by atoms with Gasteiger partial charge < -0.3 is 11.1 Å². The molecule has 2 aromatic heterocycles. The molecule has 4 rings (SSSR count). The summed E-state index contributed by atoms with van der Waals surface area (Å²) in [5.41, 5.74) is 5.17. The number of thiophene rings is 1. The number of nitrogen functional groups attached to an aromatic ring is 1. The molecule has 162 valence electrons. The molecule has 1 aliphatic rings. The maximum atomic E-state index is 13.9. The Bertz CT molecular complexity index is 1180. The smallest absolute Gasteiger partial charge is 0.397 e. The summed E-state index contributed by atoms with van der Waals surface area (Å²) < 4.78 is 41.6. The summed E-state index contributed by atoms with van der Waals surface area (Å²) in [4.78, 5) is 17.3. The van der Waals surface area contributed by atoms with E-state index in [1.54, 1.807) is 42.4 Å². The van der Waals surface area contributed by atoms with Crippen molar-refractivity contribution in [3.8, 4) is 11.3 Å². The highest BCUT2D eigenvalue weighted by Gasteiger charge is 2.37. The van der Waals surface area contributed by atoms with Crippen LogP contribution in [0.5, 0.6) is 0 Å². The van der Waals surface area contributed by atoms with Crippen LogP contribution in [0.15, 0.2) is 41.5 Å². The third-order valence-corrected chi connectivity index (χ3v) is 7.08. The van der Waals surface area contributed by atoms with Crippen LogP contribution >= 0.6 is 23.1 Å². The lowest BCUT2D eigenvalue weighted by Crippen LogP contribution is -2.39. The fraction of sp³-hybridized carbons (Fsp3) is 0.250. The number of pyridine rings is 1. The number of nitrogens with one attached hydrogen (secondary N) is 1. The van der Waals surface area contributed by atoms with Gasteiger partial charge in [-0.1, -0.05) is 49.0 Å². The number of halogens is 3. The molecule has 0 radical (unpaired) electrons. The summed E-state index contributed by atoms with van der Waals surface area (Å²) in [6.45, 7) is 1.95. The Labute approximate surface area is 184 Å². The van der Waals surface area contributed by atoms with Gasteiger partial charge in [0.2, 0.25) is 0 Å². The zero-order chi connectivity index (χ0) is 22.3. The summed E-state index contributed by atoms with van der Waals surface area (Å²) in [5, 5.41) is 9.27. The highest BCUT2D eigenvalue weighted by molar-refractivity contribution is 8.14. The average molecular weight is 466 g/mol. The van der Waals surface area contributed by atoms with Crippen molar-refractivity contribution in [2.75, 3.05) is 12.8 Å². The number of nitrogens with zero attached hydrogens (tertiary/aromatic N) is 3. The Morgan fingerprint density at radius 1 is 1.29 bits per heavy atom. The van der Waals surface area contributed by atoms with Gasteiger partial charge in [-0.15, -0.1) is 11.3 Å². The van der Waals surface area contributed by atoms with Crippen molar-refractivity contribution in [1.82, 2.24) is 15.3 Å². The minimum absolute atomic E-state index is 0.00263. The Morgan fingerprint density at radius 2 is 2.00 bits per heavy atom. The van der Waals surface area contributed by atoms with E-state index in [1.165, 1.54) is 11.8 Å². The largest absolute Gasteiger partial charge is 0.417 e. The lowest BCUT2D eigenvalue weighted by atomic mass is 10.1. The van der Waals surface area contributed by atoms with Crippen LogP contribution in [-0.4, -0.2) is 33.5 Å². The van der Waals surface area contributed by atoms with Gasteiger partial charge in [0.15, 0.2) is 5.50 Å².